The van der Waals surface area contributed by atoms with E-state index in [9.17, 15) is 18.8 Å². The Morgan fingerprint density at radius 2 is 1.63 bits per heavy atom. The molecule has 8 heteroatoms. The first-order valence-electron chi connectivity index (χ1n) is 11.9. The summed E-state index contributed by atoms with van der Waals surface area (Å²) in [6.07, 6.45) is 1.70. The number of hydrogen-bond acceptors (Lipinski definition) is 6. The second-order valence-corrected chi connectivity index (χ2v) is 8.83. The molecule has 1 amide bonds. The molecule has 0 atom stereocenters. The highest BCUT2D eigenvalue weighted by Crippen LogP contribution is 2.36. The van der Waals surface area contributed by atoms with Crippen molar-refractivity contribution in [3.63, 3.8) is 0 Å². The summed E-state index contributed by atoms with van der Waals surface area (Å²) in [6.45, 7) is 5.47. The number of nitrogens with one attached hydrogen (secondary N) is 1. The maximum atomic E-state index is 13.3. The van der Waals surface area contributed by atoms with Crippen molar-refractivity contribution in [2.24, 2.45) is 0 Å². The standard InChI is InChI=1S/C30H27FN2O5/c1-18-5-12-24(15-19(18)2)33-20(3)28(30(36)37-4)29(35)26(33)16-21-6-13-25(14-7-21)38-17-27(34)32-23-10-8-22(31)9-11-23/h5-16H,17H2,1-4H3,(H,32,34)/b26-16-. The number of rotatable bonds is 7. The molecule has 0 saturated heterocycles. The van der Waals surface area contributed by atoms with Gasteiger partial charge in [-0.2, -0.15) is 0 Å². The molecule has 1 heterocycles. The fourth-order valence-corrected chi connectivity index (χ4v) is 4.05. The molecule has 1 aliphatic heterocycles. The van der Waals surface area contributed by atoms with E-state index in [2.05, 4.69) is 5.32 Å². The van der Waals surface area contributed by atoms with Crippen LogP contribution in [-0.2, 0) is 19.1 Å². The average Bonchev–Trinajstić information content (AvgIpc) is 3.15. The van der Waals surface area contributed by atoms with Gasteiger partial charge >= 0.3 is 5.97 Å². The number of benzene rings is 3. The molecule has 194 valence electrons. The van der Waals surface area contributed by atoms with Crippen LogP contribution < -0.4 is 15.0 Å². The normalized spacial score (nSPS) is 14.2. The summed E-state index contributed by atoms with van der Waals surface area (Å²) in [5.41, 5.74) is 4.89. The van der Waals surface area contributed by atoms with Crippen molar-refractivity contribution >= 4 is 35.1 Å². The van der Waals surface area contributed by atoms with Gasteiger partial charge in [0, 0.05) is 17.1 Å². The van der Waals surface area contributed by atoms with Gasteiger partial charge in [0.15, 0.2) is 6.61 Å². The van der Waals surface area contributed by atoms with Crippen LogP contribution in [-0.4, -0.2) is 31.4 Å². The van der Waals surface area contributed by atoms with Crippen LogP contribution in [0.3, 0.4) is 0 Å². The number of anilines is 2. The molecule has 3 aromatic carbocycles. The van der Waals surface area contributed by atoms with Crippen LogP contribution >= 0.6 is 0 Å². The summed E-state index contributed by atoms with van der Waals surface area (Å²) >= 11 is 0. The predicted octanol–water partition coefficient (Wildman–Crippen LogP) is 5.34. The molecule has 38 heavy (non-hydrogen) atoms. The van der Waals surface area contributed by atoms with E-state index in [1.54, 1.807) is 42.2 Å². The second kappa shape index (κ2) is 11.1. The molecule has 0 aliphatic carbocycles. The van der Waals surface area contributed by atoms with Crippen molar-refractivity contribution in [2.45, 2.75) is 20.8 Å². The molecule has 4 rings (SSSR count). The van der Waals surface area contributed by atoms with Gasteiger partial charge in [0.1, 0.15) is 17.1 Å². The Morgan fingerprint density at radius 1 is 0.947 bits per heavy atom. The van der Waals surface area contributed by atoms with Crippen LogP contribution in [0.1, 0.15) is 23.6 Å². The Morgan fingerprint density at radius 3 is 2.26 bits per heavy atom. The molecule has 0 radical (unpaired) electrons. The number of hydrogen-bond donors (Lipinski definition) is 1. The fourth-order valence-electron chi connectivity index (χ4n) is 4.05. The van der Waals surface area contributed by atoms with Crippen molar-refractivity contribution < 1.29 is 28.2 Å². The molecule has 0 saturated carbocycles. The highest BCUT2D eigenvalue weighted by Gasteiger charge is 2.38. The number of ether oxygens (including phenoxy) is 2. The SMILES string of the molecule is COC(=O)C1=C(C)N(c2ccc(C)c(C)c2)/C(=C\c2ccc(OCC(=O)Nc3ccc(F)cc3)cc2)C1=O. The van der Waals surface area contributed by atoms with Gasteiger partial charge in [-0.3, -0.25) is 9.59 Å². The molecule has 3 aromatic rings. The Labute approximate surface area is 220 Å². The van der Waals surface area contributed by atoms with Crippen molar-refractivity contribution in [3.05, 3.63) is 106 Å². The largest absolute Gasteiger partial charge is 0.484 e. The maximum absolute atomic E-state index is 13.3. The van der Waals surface area contributed by atoms with Gasteiger partial charge in [0.05, 0.1) is 12.8 Å². The van der Waals surface area contributed by atoms with Gasteiger partial charge in [-0.25, -0.2) is 9.18 Å². The summed E-state index contributed by atoms with van der Waals surface area (Å²) < 4.78 is 23.4. The number of carbonyl (C=O) groups excluding carboxylic acids is 3. The number of Topliss-reactive ketones (excluding diaryl/α,β-unsaturated/α-hetero) is 1. The number of halogens is 1. The first-order chi connectivity index (χ1) is 18.2. The van der Waals surface area contributed by atoms with Crippen LogP contribution in [0.4, 0.5) is 15.8 Å². The second-order valence-electron chi connectivity index (χ2n) is 8.83. The number of aryl methyl sites for hydroxylation is 2. The molecule has 7 nitrogen and oxygen atoms in total. The lowest BCUT2D eigenvalue weighted by Crippen LogP contribution is -2.20. The van der Waals surface area contributed by atoms with E-state index < -0.39 is 17.6 Å². The lowest BCUT2D eigenvalue weighted by Gasteiger charge is -2.22. The first kappa shape index (κ1) is 26.3. The number of ketones is 1. The van der Waals surface area contributed by atoms with Gasteiger partial charge in [-0.05, 0) is 92.1 Å². The number of nitrogens with zero attached hydrogens (tertiary/aromatic N) is 1. The van der Waals surface area contributed by atoms with Crippen molar-refractivity contribution in [1.29, 1.82) is 0 Å². The smallest absolute Gasteiger partial charge is 0.343 e. The van der Waals surface area contributed by atoms with Crippen LogP contribution in [0.2, 0.25) is 0 Å². The van der Waals surface area contributed by atoms with Gasteiger partial charge in [0.25, 0.3) is 5.91 Å². The number of carbonyl (C=O) groups is 3. The Kier molecular flexibility index (Phi) is 7.71. The molecule has 0 fully saturated rings. The van der Waals surface area contributed by atoms with E-state index in [-0.39, 0.29) is 18.1 Å². The molecule has 1 aliphatic rings. The van der Waals surface area contributed by atoms with Crippen molar-refractivity contribution in [3.8, 4) is 5.75 Å². The molecule has 0 spiro atoms. The first-order valence-corrected chi connectivity index (χ1v) is 11.9. The fraction of sp³-hybridized carbons (Fsp3) is 0.167. The lowest BCUT2D eigenvalue weighted by molar-refractivity contribution is -0.137. The minimum atomic E-state index is -0.688. The van der Waals surface area contributed by atoms with E-state index in [4.69, 9.17) is 9.47 Å². The lowest BCUT2D eigenvalue weighted by atomic mass is 10.1. The molecule has 0 bridgehead atoms. The molecule has 1 N–H and O–H groups in total. The van der Waals surface area contributed by atoms with E-state index in [0.29, 0.717) is 28.4 Å². The molecular weight excluding hydrogens is 487 g/mol. The summed E-state index contributed by atoms with van der Waals surface area (Å²) in [5, 5.41) is 2.63. The monoisotopic (exact) mass is 514 g/mol. The van der Waals surface area contributed by atoms with E-state index in [1.807, 2.05) is 32.0 Å². The van der Waals surface area contributed by atoms with Crippen LogP contribution in [0.25, 0.3) is 6.08 Å². The van der Waals surface area contributed by atoms with Gasteiger partial charge in [0.2, 0.25) is 5.78 Å². The number of allylic oxidation sites excluding steroid dienone is 2. The quantitative estimate of drug-likeness (QED) is 0.260. The highest BCUT2D eigenvalue weighted by atomic mass is 19.1. The summed E-state index contributed by atoms with van der Waals surface area (Å²) in [7, 11) is 1.25. The zero-order valence-corrected chi connectivity index (χ0v) is 21.5. The highest BCUT2D eigenvalue weighted by molar-refractivity contribution is 6.30. The van der Waals surface area contributed by atoms with E-state index in [0.717, 1.165) is 16.8 Å². The predicted molar refractivity (Wildman–Crippen MR) is 143 cm³/mol. The van der Waals surface area contributed by atoms with E-state index >= 15 is 0 Å². The van der Waals surface area contributed by atoms with Crippen molar-refractivity contribution in [2.75, 3.05) is 23.9 Å². The number of amides is 1. The molecule has 0 aromatic heterocycles. The minimum absolute atomic E-state index is 0.0101. The third-order valence-corrected chi connectivity index (χ3v) is 6.22. The summed E-state index contributed by atoms with van der Waals surface area (Å²) in [4.78, 5) is 39.6. The van der Waals surface area contributed by atoms with Gasteiger partial charge in [-0.1, -0.05) is 18.2 Å². The Bertz CT molecular complexity index is 1460. The van der Waals surface area contributed by atoms with Crippen LogP contribution in [0.15, 0.2) is 83.7 Å². The number of esters is 1. The number of methoxy groups -OCH3 is 1. The molecule has 0 unspecified atom stereocenters. The third-order valence-electron chi connectivity index (χ3n) is 6.22. The zero-order valence-electron chi connectivity index (χ0n) is 21.5. The Balaban J connectivity index is 1.53. The average molecular weight is 515 g/mol. The topological polar surface area (TPSA) is 84.9 Å². The zero-order chi connectivity index (χ0) is 27.4. The Hall–Kier alpha value is -4.72. The molecular formula is C30H27FN2O5. The van der Waals surface area contributed by atoms with Crippen LogP contribution in [0.5, 0.6) is 5.75 Å². The van der Waals surface area contributed by atoms with Gasteiger partial charge < -0.3 is 19.7 Å². The van der Waals surface area contributed by atoms with Crippen LogP contribution in [0, 0.1) is 19.7 Å². The van der Waals surface area contributed by atoms with Crippen molar-refractivity contribution in [1.82, 2.24) is 0 Å². The maximum Gasteiger partial charge on any atom is 0.343 e. The van der Waals surface area contributed by atoms with E-state index in [1.165, 1.54) is 31.4 Å². The summed E-state index contributed by atoms with van der Waals surface area (Å²) in [6, 6.07) is 18.1. The summed E-state index contributed by atoms with van der Waals surface area (Å²) in [5.74, 6) is -1.44. The minimum Gasteiger partial charge on any atom is -0.484 e. The third kappa shape index (κ3) is 5.64. The van der Waals surface area contributed by atoms with Gasteiger partial charge in [-0.15, -0.1) is 0 Å².